The Morgan fingerprint density at radius 1 is 1.15 bits per heavy atom. The van der Waals surface area contributed by atoms with E-state index in [2.05, 4.69) is 15.0 Å². The summed E-state index contributed by atoms with van der Waals surface area (Å²) in [5.41, 5.74) is 0.925. The predicted molar refractivity (Wildman–Crippen MR) is 64.3 cm³/mol. The van der Waals surface area contributed by atoms with E-state index in [0.29, 0.717) is 11.2 Å². The summed E-state index contributed by atoms with van der Waals surface area (Å²) in [5.74, 6) is 0. The number of aliphatic hydroxyl groups excluding tert-OH is 4. The van der Waals surface area contributed by atoms with E-state index in [9.17, 15) is 15.3 Å². The van der Waals surface area contributed by atoms with Gasteiger partial charge >= 0.3 is 0 Å². The number of aromatic nitrogens is 4. The molecule has 20 heavy (non-hydrogen) atoms. The monoisotopic (exact) mass is 282 g/mol. The summed E-state index contributed by atoms with van der Waals surface area (Å²) in [6.45, 7) is -0.483. The minimum Gasteiger partial charge on any atom is -0.394 e. The number of nitrogens with zero attached hydrogens (tertiary/aromatic N) is 4. The van der Waals surface area contributed by atoms with Gasteiger partial charge in [-0.3, -0.25) is 4.57 Å². The Balaban J connectivity index is 2.00. The van der Waals surface area contributed by atoms with Crippen molar-refractivity contribution in [3.05, 3.63) is 18.9 Å². The van der Waals surface area contributed by atoms with Gasteiger partial charge in [0.05, 0.1) is 19.1 Å². The molecule has 0 spiro atoms. The van der Waals surface area contributed by atoms with Gasteiger partial charge in [-0.15, -0.1) is 0 Å². The molecule has 3 rings (SSSR count). The Morgan fingerprint density at radius 3 is 2.70 bits per heavy atom. The molecule has 0 aliphatic carbocycles. The van der Waals surface area contributed by atoms with Crippen LogP contribution in [0.3, 0.4) is 0 Å². The Morgan fingerprint density at radius 2 is 1.95 bits per heavy atom. The molecule has 0 saturated carbocycles. The maximum absolute atomic E-state index is 10.0. The fourth-order valence-corrected chi connectivity index (χ4v) is 2.28. The lowest BCUT2D eigenvalue weighted by molar-refractivity contribution is -0.250. The van der Waals surface area contributed by atoms with Gasteiger partial charge in [-0.05, 0) is 0 Å². The van der Waals surface area contributed by atoms with Crippen molar-refractivity contribution < 1.29 is 25.2 Å². The van der Waals surface area contributed by atoms with Crippen LogP contribution >= 0.6 is 0 Å². The van der Waals surface area contributed by atoms with Crippen LogP contribution in [0.4, 0.5) is 0 Å². The van der Waals surface area contributed by atoms with Crippen LogP contribution in [-0.4, -0.2) is 71.0 Å². The largest absolute Gasteiger partial charge is 0.394 e. The first-order valence-electron chi connectivity index (χ1n) is 6.06. The Hall–Kier alpha value is -1.65. The molecule has 5 atom stereocenters. The van der Waals surface area contributed by atoms with Gasteiger partial charge in [0.1, 0.15) is 36.3 Å². The molecule has 9 nitrogen and oxygen atoms in total. The van der Waals surface area contributed by atoms with E-state index in [4.69, 9.17) is 9.84 Å². The molecule has 0 aromatic carbocycles. The predicted octanol–water partition coefficient (Wildman–Crippen LogP) is -2.20. The second kappa shape index (κ2) is 5.04. The maximum atomic E-state index is 10.0. The lowest BCUT2D eigenvalue weighted by Gasteiger charge is -2.40. The van der Waals surface area contributed by atoms with Gasteiger partial charge in [0.2, 0.25) is 0 Å². The Kier molecular flexibility index (Phi) is 3.36. The van der Waals surface area contributed by atoms with Crippen LogP contribution in [-0.2, 0) is 4.74 Å². The lowest BCUT2D eigenvalue weighted by atomic mass is 9.98. The zero-order chi connectivity index (χ0) is 14.3. The number of ether oxygens (including phenoxy) is 1. The highest BCUT2D eigenvalue weighted by Crippen LogP contribution is 2.29. The summed E-state index contributed by atoms with van der Waals surface area (Å²) in [4.78, 5) is 11.9. The quantitative estimate of drug-likeness (QED) is 0.487. The van der Waals surface area contributed by atoms with E-state index in [1.54, 1.807) is 0 Å². The fraction of sp³-hybridized carbons (Fsp3) is 0.545. The lowest BCUT2D eigenvalue weighted by Crippen LogP contribution is -2.56. The molecule has 2 aromatic rings. The van der Waals surface area contributed by atoms with Crippen molar-refractivity contribution in [1.29, 1.82) is 0 Å². The first-order valence-corrected chi connectivity index (χ1v) is 6.06. The molecule has 1 fully saturated rings. The molecule has 1 aliphatic heterocycles. The van der Waals surface area contributed by atoms with Gasteiger partial charge in [0.25, 0.3) is 0 Å². The van der Waals surface area contributed by atoms with Crippen LogP contribution in [0.1, 0.15) is 6.23 Å². The molecule has 1 unspecified atom stereocenters. The normalized spacial score (nSPS) is 34.5. The van der Waals surface area contributed by atoms with Gasteiger partial charge in [-0.25, -0.2) is 15.0 Å². The molecule has 2 aromatic heterocycles. The molecule has 1 aliphatic rings. The number of hydrogen-bond donors (Lipinski definition) is 4. The summed E-state index contributed by atoms with van der Waals surface area (Å²) in [7, 11) is 0. The van der Waals surface area contributed by atoms with E-state index in [1.165, 1.54) is 23.4 Å². The Bertz CT molecular complexity index is 603. The van der Waals surface area contributed by atoms with Gasteiger partial charge in [0, 0.05) is 0 Å². The molecule has 3 heterocycles. The average Bonchev–Trinajstić information content (AvgIpc) is 2.89. The second-order valence-corrected chi connectivity index (χ2v) is 4.60. The van der Waals surface area contributed by atoms with E-state index >= 15 is 0 Å². The summed E-state index contributed by atoms with van der Waals surface area (Å²) < 4.78 is 6.87. The van der Waals surface area contributed by atoms with Gasteiger partial charge in [-0.1, -0.05) is 0 Å². The molecular formula is C11H14N4O5. The standard InChI is InChI=1S/C11H14N4O5/c16-2-6-7(17)8(18)9(19)11(20-6)15-4-14-5-1-12-3-13-10(5)15/h1,3-4,6-9,11,16-19H,2H2/t6-,7-,8+,9-,11?/m1/s1. The van der Waals surface area contributed by atoms with E-state index in [0.717, 1.165) is 0 Å². The summed E-state index contributed by atoms with van der Waals surface area (Å²) in [6.07, 6.45) is -1.97. The van der Waals surface area contributed by atoms with Crippen LogP contribution in [0, 0.1) is 0 Å². The minimum atomic E-state index is -1.44. The van der Waals surface area contributed by atoms with Gasteiger partial charge in [0.15, 0.2) is 11.9 Å². The second-order valence-electron chi connectivity index (χ2n) is 4.60. The molecule has 9 heteroatoms. The highest BCUT2D eigenvalue weighted by atomic mass is 16.6. The zero-order valence-corrected chi connectivity index (χ0v) is 10.3. The maximum Gasteiger partial charge on any atom is 0.165 e. The number of hydrogen-bond acceptors (Lipinski definition) is 8. The van der Waals surface area contributed by atoms with Crippen molar-refractivity contribution >= 4 is 11.2 Å². The highest BCUT2D eigenvalue weighted by Gasteiger charge is 2.44. The first-order chi connectivity index (χ1) is 9.63. The third-order valence-corrected chi connectivity index (χ3v) is 3.38. The molecule has 0 radical (unpaired) electrons. The van der Waals surface area contributed by atoms with Gasteiger partial charge < -0.3 is 25.2 Å². The fourth-order valence-electron chi connectivity index (χ4n) is 2.28. The molecule has 4 N–H and O–H groups in total. The molecule has 0 bridgehead atoms. The number of fused-ring (bicyclic) bond motifs is 1. The van der Waals surface area contributed by atoms with Crippen molar-refractivity contribution in [3.63, 3.8) is 0 Å². The van der Waals surface area contributed by atoms with Crippen LogP contribution in [0.5, 0.6) is 0 Å². The summed E-state index contributed by atoms with van der Waals surface area (Å²) in [5, 5.41) is 38.7. The van der Waals surface area contributed by atoms with Crippen molar-refractivity contribution in [2.75, 3.05) is 6.61 Å². The van der Waals surface area contributed by atoms with Crippen LogP contribution < -0.4 is 0 Å². The molecule has 1 saturated heterocycles. The summed E-state index contributed by atoms with van der Waals surface area (Å²) >= 11 is 0. The smallest absolute Gasteiger partial charge is 0.165 e. The van der Waals surface area contributed by atoms with Crippen LogP contribution in [0.25, 0.3) is 11.2 Å². The molecule has 0 amide bonds. The SMILES string of the molecule is OC[C@H]1OC(n2cnc3cncnc32)[C@H](O)[C@@H](O)[C@@H]1O. The number of aliphatic hydroxyl groups is 4. The minimum absolute atomic E-state index is 0.421. The van der Waals surface area contributed by atoms with Gasteiger partial charge in [-0.2, -0.15) is 0 Å². The zero-order valence-electron chi connectivity index (χ0n) is 10.3. The average molecular weight is 282 g/mol. The first kappa shape index (κ1) is 13.3. The van der Waals surface area contributed by atoms with E-state index in [-0.39, 0.29) is 0 Å². The van der Waals surface area contributed by atoms with Crippen molar-refractivity contribution in [2.45, 2.75) is 30.6 Å². The van der Waals surface area contributed by atoms with E-state index in [1.807, 2.05) is 0 Å². The van der Waals surface area contributed by atoms with Crippen molar-refractivity contribution in [1.82, 2.24) is 19.5 Å². The van der Waals surface area contributed by atoms with E-state index < -0.39 is 37.3 Å². The third kappa shape index (κ3) is 1.96. The highest BCUT2D eigenvalue weighted by molar-refractivity contribution is 5.68. The molecule has 108 valence electrons. The van der Waals surface area contributed by atoms with Crippen LogP contribution in [0.2, 0.25) is 0 Å². The number of imidazole rings is 1. The summed E-state index contributed by atoms with van der Waals surface area (Å²) in [6, 6.07) is 0. The Labute approximate surface area is 113 Å². The number of rotatable bonds is 2. The van der Waals surface area contributed by atoms with Crippen molar-refractivity contribution in [3.8, 4) is 0 Å². The molecular weight excluding hydrogens is 268 g/mol. The third-order valence-electron chi connectivity index (χ3n) is 3.38. The van der Waals surface area contributed by atoms with Crippen molar-refractivity contribution in [2.24, 2.45) is 0 Å². The van der Waals surface area contributed by atoms with Crippen LogP contribution in [0.15, 0.2) is 18.9 Å². The topological polar surface area (TPSA) is 134 Å².